The molecule has 7 heteroatoms. The Balaban J connectivity index is 1.66. The zero-order valence-corrected chi connectivity index (χ0v) is 18.9. The lowest BCUT2D eigenvalue weighted by atomic mass is 9.97. The molecular formula is C26H26N4O3. The van der Waals surface area contributed by atoms with Crippen LogP contribution in [0.15, 0.2) is 34.9 Å². The second kappa shape index (κ2) is 7.20. The number of hydrogen-bond acceptors (Lipinski definition) is 4. The molecule has 1 saturated carbocycles. The number of nitrogens with two attached hydrogens (primary N) is 1. The van der Waals surface area contributed by atoms with E-state index in [-0.39, 0.29) is 5.91 Å². The summed E-state index contributed by atoms with van der Waals surface area (Å²) >= 11 is 0. The smallest absolute Gasteiger partial charge is 0.250 e. The molecule has 1 aliphatic carbocycles. The van der Waals surface area contributed by atoms with E-state index in [0.717, 1.165) is 63.8 Å². The van der Waals surface area contributed by atoms with Crippen molar-refractivity contribution in [3.63, 3.8) is 0 Å². The summed E-state index contributed by atoms with van der Waals surface area (Å²) in [7, 11) is 0. The van der Waals surface area contributed by atoms with E-state index >= 15 is 0 Å². The lowest BCUT2D eigenvalue weighted by Gasteiger charge is -2.16. The maximum atomic E-state index is 12.7. The van der Waals surface area contributed by atoms with Gasteiger partial charge in [0.25, 0.3) is 5.91 Å². The molecule has 0 bridgehead atoms. The maximum Gasteiger partial charge on any atom is 0.250 e. The van der Waals surface area contributed by atoms with Crippen molar-refractivity contribution < 1.29 is 14.1 Å². The molecule has 7 nitrogen and oxygen atoms in total. The van der Waals surface area contributed by atoms with Crippen molar-refractivity contribution in [2.75, 3.05) is 11.4 Å². The number of rotatable bonds is 5. The quantitative estimate of drug-likeness (QED) is 0.485. The van der Waals surface area contributed by atoms with Gasteiger partial charge in [0, 0.05) is 41.5 Å². The van der Waals surface area contributed by atoms with Crippen LogP contribution in [0.5, 0.6) is 0 Å². The van der Waals surface area contributed by atoms with Crippen LogP contribution in [0, 0.1) is 19.8 Å². The first-order valence-corrected chi connectivity index (χ1v) is 11.6. The second-order valence-electron chi connectivity index (χ2n) is 9.39. The Kier molecular flexibility index (Phi) is 4.37. The highest BCUT2D eigenvalue weighted by Crippen LogP contribution is 2.41. The highest BCUT2D eigenvalue weighted by atomic mass is 16.5. The Labute approximate surface area is 191 Å². The van der Waals surface area contributed by atoms with Gasteiger partial charge in [-0.3, -0.25) is 9.59 Å². The number of carbonyl (C=O) groups excluding carboxylic acids is 2. The third kappa shape index (κ3) is 3.14. The number of benzene rings is 2. The fourth-order valence-electron chi connectivity index (χ4n) is 5.29. The lowest BCUT2D eigenvalue weighted by Crippen LogP contribution is -2.23. The van der Waals surface area contributed by atoms with E-state index in [4.69, 9.17) is 10.3 Å². The van der Waals surface area contributed by atoms with Crippen LogP contribution in [0.3, 0.4) is 0 Å². The number of aromatic nitrogens is 2. The van der Waals surface area contributed by atoms with Crippen molar-refractivity contribution in [1.82, 2.24) is 9.72 Å². The number of hydrogen-bond donors (Lipinski definition) is 1. The minimum absolute atomic E-state index is 0.165. The van der Waals surface area contributed by atoms with Gasteiger partial charge >= 0.3 is 0 Å². The molecular weight excluding hydrogens is 416 g/mol. The van der Waals surface area contributed by atoms with Crippen LogP contribution in [0.25, 0.3) is 32.9 Å². The second-order valence-corrected chi connectivity index (χ2v) is 9.39. The number of carbonyl (C=O) groups is 2. The minimum atomic E-state index is -0.455. The first-order chi connectivity index (χ1) is 15.9. The first kappa shape index (κ1) is 20.0. The molecule has 33 heavy (non-hydrogen) atoms. The zero-order valence-electron chi connectivity index (χ0n) is 18.9. The van der Waals surface area contributed by atoms with Crippen LogP contribution in [0.1, 0.15) is 47.5 Å². The Bertz CT molecular complexity index is 1440. The van der Waals surface area contributed by atoms with Gasteiger partial charge in [0.1, 0.15) is 5.76 Å². The van der Waals surface area contributed by atoms with Gasteiger partial charge in [0.05, 0.1) is 22.3 Å². The lowest BCUT2D eigenvalue weighted by molar-refractivity contribution is -0.117. The molecule has 2 amide bonds. The van der Waals surface area contributed by atoms with Gasteiger partial charge in [-0.05, 0) is 68.9 Å². The largest absolute Gasteiger partial charge is 0.366 e. The summed E-state index contributed by atoms with van der Waals surface area (Å²) in [6.45, 7) is 5.35. The molecule has 168 valence electrons. The predicted molar refractivity (Wildman–Crippen MR) is 127 cm³/mol. The maximum absolute atomic E-state index is 12.7. The standard InChI is InChI=1S/C26H26N4O3/c1-14-24(15(2)33-28-14)17-10-20-19-8-7-18(29-9-3-4-23(29)31)12-22(19)30(13-16-5-6-16)25(20)21(11-17)26(27)32/h7-8,10-12,16H,3-6,9,13H2,1-2H3,(H2,27,32). The van der Waals surface area contributed by atoms with Crippen molar-refractivity contribution in [2.45, 2.75) is 46.1 Å². The number of primary amides is 1. The Hall–Kier alpha value is -3.61. The molecule has 0 atom stereocenters. The van der Waals surface area contributed by atoms with E-state index in [0.29, 0.717) is 23.7 Å². The molecule has 3 heterocycles. The molecule has 6 rings (SSSR count). The molecule has 0 unspecified atom stereocenters. The molecule has 2 aromatic heterocycles. The van der Waals surface area contributed by atoms with E-state index in [2.05, 4.69) is 27.9 Å². The van der Waals surface area contributed by atoms with Crippen molar-refractivity contribution in [3.8, 4) is 11.1 Å². The highest BCUT2D eigenvalue weighted by molar-refractivity contribution is 6.17. The summed E-state index contributed by atoms with van der Waals surface area (Å²) in [5.41, 5.74) is 11.8. The van der Waals surface area contributed by atoms with Gasteiger partial charge in [-0.25, -0.2) is 0 Å². The average molecular weight is 443 g/mol. The third-order valence-electron chi connectivity index (χ3n) is 7.05. The highest BCUT2D eigenvalue weighted by Gasteiger charge is 2.28. The van der Waals surface area contributed by atoms with Crippen LogP contribution >= 0.6 is 0 Å². The molecule has 2 fully saturated rings. The molecule has 1 aliphatic heterocycles. The normalized spacial score (nSPS) is 16.4. The van der Waals surface area contributed by atoms with Gasteiger partial charge in [-0.2, -0.15) is 0 Å². The van der Waals surface area contributed by atoms with E-state index in [1.807, 2.05) is 30.9 Å². The summed E-state index contributed by atoms with van der Waals surface area (Å²) in [5.74, 6) is 1.02. The molecule has 0 spiro atoms. The van der Waals surface area contributed by atoms with Gasteiger partial charge in [0.2, 0.25) is 5.91 Å². The molecule has 2 aromatic carbocycles. The predicted octanol–water partition coefficient (Wildman–Crippen LogP) is 4.70. The van der Waals surface area contributed by atoms with E-state index in [1.165, 1.54) is 12.8 Å². The fraction of sp³-hybridized carbons (Fsp3) is 0.346. The molecule has 2 aliphatic rings. The van der Waals surface area contributed by atoms with Gasteiger partial charge in [-0.1, -0.05) is 11.2 Å². The third-order valence-corrected chi connectivity index (χ3v) is 7.05. The van der Waals surface area contributed by atoms with Crippen LogP contribution in [0.4, 0.5) is 5.69 Å². The molecule has 1 saturated heterocycles. The molecule has 2 N–H and O–H groups in total. The van der Waals surface area contributed by atoms with Crippen LogP contribution in [-0.2, 0) is 11.3 Å². The zero-order chi connectivity index (χ0) is 22.9. The number of amides is 2. The van der Waals surface area contributed by atoms with Crippen molar-refractivity contribution in [2.24, 2.45) is 11.7 Å². The summed E-state index contributed by atoms with van der Waals surface area (Å²) in [6, 6.07) is 10.2. The van der Waals surface area contributed by atoms with Crippen molar-refractivity contribution in [1.29, 1.82) is 0 Å². The van der Waals surface area contributed by atoms with Gasteiger partial charge < -0.3 is 19.7 Å². The molecule has 0 radical (unpaired) electrons. The SMILES string of the molecule is Cc1noc(C)c1-c1cc(C(N)=O)c2c(c1)c1ccc(N3CCCC3=O)cc1n2CC1CC1. The monoisotopic (exact) mass is 442 g/mol. The van der Waals surface area contributed by atoms with Crippen molar-refractivity contribution in [3.05, 3.63) is 47.3 Å². The summed E-state index contributed by atoms with van der Waals surface area (Å²) < 4.78 is 7.63. The summed E-state index contributed by atoms with van der Waals surface area (Å²) in [5, 5.41) is 6.13. The Morgan fingerprint density at radius 3 is 2.64 bits per heavy atom. The first-order valence-electron chi connectivity index (χ1n) is 11.6. The summed E-state index contributed by atoms with van der Waals surface area (Å²) in [4.78, 5) is 26.9. The minimum Gasteiger partial charge on any atom is -0.366 e. The number of aryl methyl sites for hydroxylation is 2. The Morgan fingerprint density at radius 2 is 2.00 bits per heavy atom. The number of fused-ring (bicyclic) bond motifs is 3. The fourth-order valence-corrected chi connectivity index (χ4v) is 5.29. The molecule has 4 aromatic rings. The topological polar surface area (TPSA) is 94.4 Å². The van der Waals surface area contributed by atoms with Crippen LogP contribution in [-0.4, -0.2) is 28.1 Å². The van der Waals surface area contributed by atoms with Gasteiger partial charge in [-0.15, -0.1) is 0 Å². The average Bonchev–Trinajstić information content (AvgIpc) is 3.30. The van der Waals surface area contributed by atoms with E-state index < -0.39 is 5.91 Å². The summed E-state index contributed by atoms with van der Waals surface area (Å²) in [6.07, 6.45) is 3.85. The Morgan fingerprint density at radius 1 is 1.18 bits per heavy atom. The van der Waals surface area contributed by atoms with Crippen molar-refractivity contribution >= 4 is 39.3 Å². The van der Waals surface area contributed by atoms with Gasteiger partial charge in [0.15, 0.2) is 0 Å². The van der Waals surface area contributed by atoms with Crippen LogP contribution in [0.2, 0.25) is 0 Å². The number of nitrogens with zero attached hydrogens (tertiary/aromatic N) is 3. The van der Waals surface area contributed by atoms with E-state index in [1.54, 1.807) is 0 Å². The van der Waals surface area contributed by atoms with Crippen LogP contribution < -0.4 is 10.6 Å². The van der Waals surface area contributed by atoms with E-state index in [9.17, 15) is 9.59 Å². The number of anilines is 1.